The van der Waals surface area contributed by atoms with Crippen LogP contribution in [-0.2, 0) is 6.61 Å². The van der Waals surface area contributed by atoms with E-state index in [1.807, 2.05) is 24.3 Å². The fraction of sp³-hybridized carbons (Fsp3) is 0.481. The third kappa shape index (κ3) is 4.60. The Morgan fingerprint density at radius 3 is 2.71 bits per heavy atom. The average Bonchev–Trinajstić information content (AvgIpc) is 3.62. The number of fused-ring (bicyclic) bond motifs is 3. The van der Waals surface area contributed by atoms with E-state index in [2.05, 4.69) is 21.7 Å². The topological polar surface area (TPSA) is 58.4 Å². The molecule has 0 N–H and O–H groups in total. The summed E-state index contributed by atoms with van der Waals surface area (Å²) in [7, 11) is 0. The van der Waals surface area contributed by atoms with Gasteiger partial charge < -0.3 is 14.2 Å². The van der Waals surface area contributed by atoms with E-state index >= 15 is 0 Å². The maximum absolute atomic E-state index is 14.1. The van der Waals surface area contributed by atoms with E-state index in [0.717, 1.165) is 34.3 Å². The van der Waals surface area contributed by atoms with Gasteiger partial charge in [-0.05, 0) is 68.2 Å². The molecule has 0 radical (unpaired) electrons. The zero-order valence-corrected chi connectivity index (χ0v) is 20.6. The Bertz CT molecular complexity index is 1190. The lowest BCUT2D eigenvalue weighted by Crippen LogP contribution is -2.31. The minimum Gasteiger partial charge on any atom is -0.486 e. The molecular formula is C27H30FN3O3S. The Hall–Kier alpha value is -2.74. The Morgan fingerprint density at radius 1 is 1.09 bits per heavy atom. The van der Waals surface area contributed by atoms with Crippen molar-refractivity contribution in [1.82, 2.24) is 14.8 Å². The average molecular weight is 496 g/mol. The summed E-state index contributed by atoms with van der Waals surface area (Å²) in [4.78, 5) is 0. The molecule has 1 aromatic heterocycles. The van der Waals surface area contributed by atoms with E-state index in [0.29, 0.717) is 18.3 Å². The van der Waals surface area contributed by atoms with Crippen molar-refractivity contribution in [3.63, 3.8) is 0 Å². The Kier molecular flexibility index (Phi) is 6.31. The molecule has 0 spiro atoms. The maximum Gasteiger partial charge on any atom is 0.191 e. The van der Waals surface area contributed by atoms with Gasteiger partial charge in [-0.15, -0.1) is 10.2 Å². The van der Waals surface area contributed by atoms with Crippen molar-refractivity contribution in [3.05, 3.63) is 60.2 Å². The van der Waals surface area contributed by atoms with Gasteiger partial charge in [-0.1, -0.05) is 42.4 Å². The lowest BCUT2D eigenvalue weighted by molar-refractivity contribution is 0.107. The number of para-hydroxylation sites is 3. The minimum absolute atomic E-state index is 0.0732. The van der Waals surface area contributed by atoms with E-state index in [-0.39, 0.29) is 30.3 Å². The first-order valence-corrected chi connectivity index (χ1v) is 13.5. The highest BCUT2D eigenvalue weighted by Crippen LogP contribution is 2.52. The molecule has 5 atom stereocenters. The van der Waals surface area contributed by atoms with Gasteiger partial charge in [0.1, 0.15) is 19.3 Å². The highest BCUT2D eigenvalue weighted by Gasteiger charge is 2.43. The number of rotatable bonds is 8. The second-order valence-electron chi connectivity index (χ2n) is 9.88. The van der Waals surface area contributed by atoms with Gasteiger partial charge in [0, 0.05) is 11.8 Å². The first kappa shape index (κ1) is 22.7. The van der Waals surface area contributed by atoms with Crippen molar-refractivity contribution in [2.24, 2.45) is 17.8 Å². The van der Waals surface area contributed by atoms with Gasteiger partial charge in [-0.3, -0.25) is 4.57 Å². The molecule has 2 saturated carbocycles. The van der Waals surface area contributed by atoms with Crippen LogP contribution in [0.1, 0.15) is 44.5 Å². The molecule has 0 amide bonds. The highest BCUT2D eigenvalue weighted by molar-refractivity contribution is 7.99. The number of benzene rings is 2. The van der Waals surface area contributed by atoms with Gasteiger partial charge >= 0.3 is 0 Å². The summed E-state index contributed by atoms with van der Waals surface area (Å²) >= 11 is 1.64. The summed E-state index contributed by atoms with van der Waals surface area (Å²) in [6.45, 7) is 2.96. The van der Waals surface area contributed by atoms with Gasteiger partial charge in [0.15, 0.2) is 34.0 Å². The predicted molar refractivity (Wildman–Crippen MR) is 131 cm³/mol. The quantitative estimate of drug-likeness (QED) is 0.361. The van der Waals surface area contributed by atoms with Crippen LogP contribution < -0.4 is 14.2 Å². The zero-order chi connectivity index (χ0) is 23.8. The summed E-state index contributed by atoms with van der Waals surface area (Å²) < 4.78 is 34.2. The molecule has 3 aliphatic rings. The van der Waals surface area contributed by atoms with Gasteiger partial charge in [-0.25, -0.2) is 4.39 Å². The molecule has 0 saturated heterocycles. The lowest BCUT2D eigenvalue weighted by Gasteiger charge is -2.30. The van der Waals surface area contributed by atoms with Crippen LogP contribution in [0.4, 0.5) is 4.39 Å². The second-order valence-corrected chi connectivity index (χ2v) is 10.9. The summed E-state index contributed by atoms with van der Waals surface area (Å²) in [5, 5.41) is 9.88. The molecule has 3 aromatic rings. The molecule has 6 rings (SSSR count). The van der Waals surface area contributed by atoms with Crippen LogP contribution in [0.5, 0.6) is 17.2 Å². The summed E-state index contributed by atoms with van der Waals surface area (Å²) in [6, 6.07) is 14.5. The molecule has 2 bridgehead atoms. The molecule has 6 nitrogen and oxygen atoms in total. The number of ether oxygens (including phenoxy) is 3. The SMILES string of the molecule is CC(C1CC2CCC1C2)n1c(COc2ccccc2F)nnc1SCC1COc2ccccc2O1. The fourth-order valence-corrected chi connectivity index (χ4v) is 7.01. The van der Waals surface area contributed by atoms with Crippen molar-refractivity contribution in [2.75, 3.05) is 12.4 Å². The molecule has 5 unspecified atom stereocenters. The van der Waals surface area contributed by atoms with E-state index in [1.54, 1.807) is 30.0 Å². The third-order valence-corrected chi connectivity index (χ3v) is 8.79. The monoisotopic (exact) mass is 495 g/mol. The number of halogens is 1. The van der Waals surface area contributed by atoms with Crippen molar-refractivity contribution < 1.29 is 18.6 Å². The standard InChI is InChI=1S/C27H30FN3O3S/c1-17(21-13-18-10-11-19(21)12-18)31-26(15-33-23-7-3-2-6-22(23)28)29-30-27(31)35-16-20-14-32-24-8-4-5-9-25(24)34-20/h2-9,17-21H,10-16H2,1H3. The summed E-state index contributed by atoms with van der Waals surface area (Å²) in [6.07, 6.45) is 5.21. The van der Waals surface area contributed by atoms with E-state index in [9.17, 15) is 4.39 Å². The number of nitrogens with zero attached hydrogens (tertiary/aromatic N) is 3. The van der Waals surface area contributed by atoms with Crippen LogP contribution in [0.25, 0.3) is 0 Å². The molecule has 35 heavy (non-hydrogen) atoms. The Labute approximate surface area is 209 Å². The largest absolute Gasteiger partial charge is 0.486 e. The van der Waals surface area contributed by atoms with E-state index in [4.69, 9.17) is 14.2 Å². The van der Waals surface area contributed by atoms with Crippen LogP contribution in [0.2, 0.25) is 0 Å². The van der Waals surface area contributed by atoms with Crippen LogP contribution in [-0.4, -0.2) is 33.2 Å². The molecule has 2 aromatic carbocycles. The third-order valence-electron chi connectivity index (χ3n) is 7.71. The predicted octanol–water partition coefficient (Wildman–Crippen LogP) is 5.93. The van der Waals surface area contributed by atoms with Gasteiger partial charge in [0.25, 0.3) is 0 Å². The first-order valence-electron chi connectivity index (χ1n) is 12.5. The smallest absolute Gasteiger partial charge is 0.191 e. The van der Waals surface area contributed by atoms with Crippen LogP contribution in [0.15, 0.2) is 53.7 Å². The second kappa shape index (κ2) is 9.72. The van der Waals surface area contributed by atoms with Gasteiger partial charge in [0.2, 0.25) is 0 Å². The molecule has 2 aliphatic carbocycles. The highest BCUT2D eigenvalue weighted by atomic mass is 32.2. The number of thioether (sulfide) groups is 1. The van der Waals surface area contributed by atoms with Gasteiger partial charge in [-0.2, -0.15) is 0 Å². The molecule has 2 heterocycles. The molecule has 8 heteroatoms. The van der Waals surface area contributed by atoms with Crippen molar-refractivity contribution in [3.8, 4) is 17.2 Å². The Morgan fingerprint density at radius 2 is 1.91 bits per heavy atom. The number of hydrogen-bond acceptors (Lipinski definition) is 6. The van der Waals surface area contributed by atoms with Crippen LogP contribution in [0.3, 0.4) is 0 Å². The number of aromatic nitrogens is 3. The molecular weight excluding hydrogens is 465 g/mol. The molecule has 2 fully saturated rings. The minimum atomic E-state index is -0.371. The van der Waals surface area contributed by atoms with E-state index in [1.165, 1.54) is 31.7 Å². The van der Waals surface area contributed by atoms with Crippen LogP contribution in [0, 0.1) is 23.6 Å². The van der Waals surface area contributed by atoms with Crippen molar-refractivity contribution in [1.29, 1.82) is 0 Å². The van der Waals surface area contributed by atoms with Crippen molar-refractivity contribution in [2.45, 2.75) is 56.5 Å². The normalized spacial score (nSPS) is 25.5. The molecule has 184 valence electrons. The fourth-order valence-electron chi connectivity index (χ4n) is 6.01. The lowest BCUT2D eigenvalue weighted by atomic mass is 9.84. The van der Waals surface area contributed by atoms with Crippen molar-refractivity contribution >= 4 is 11.8 Å². The van der Waals surface area contributed by atoms with Crippen LogP contribution >= 0.6 is 11.8 Å². The summed E-state index contributed by atoms with van der Waals surface area (Å²) in [5.41, 5.74) is 0. The van der Waals surface area contributed by atoms with Gasteiger partial charge in [0.05, 0.1) is 0 Å². The first-order chi connectivity index (χ1) is 17.2. The zero-order valence-electron chi connectivity index (χ0n) is 19.8. The number of hydrogen-bond donors (Lipinski definition) is 0. The summed E-state index contributed by atoms with van der Waals surface area (Å²) in [5.74, 6) is 5.08. The Balaban J connectivity index is 1.20. The van der Waals surface area contributed by atoms with E-state index < -0.39 is 0 Å². The maximum atomic E-state index is 14.1. The molecule has 1 aliphatic heterocycles.